The van der Waals surface area contributed by atoms with E-state index in [0.717, 1.165) is 93.6 Å². The molecule has 11 atom stereocenters. The number of halogens is 3. The molecule has 30 nitrogen and oxygen atoms in total. The van der Waals surface area contributed by atoms with Gasteiger partial charge >= 0.3 is 23.9 Å². The molecule has 3 aromatic heterocycles. The number of rotatable bonds is 13. The number of carbonyl (C=O) groups excluding carboxylic acids is 12. The van der Waals surface area contributed by atoms with E-state index in [0.29, 0.717) is 75.5 Å². The second-order valence-corrected chi connectivity index (χ2v) is 38.7. The van der Waals surface area contributed by atoms with Crippen molar-refractivity contribution >= 4 is 157 Å². The van der Waals surface area contributed by atoms with Gasteiger partial charge in [-0.3, -0.25) is 87.5 Å². The number of pyridine rings is 3. The molecule has 0 spiro atoms. The second kappa shape index (κ2) is 40.2. The first-order chi connectivity index (χ1) is 59.6. The first-order valence-electron chi connectivity index (χ1n) is 43.5. The zero-order valence-corrected chi connectivity index (χ0v) is 75.7. The lowest BCUT2D eigenvalue weighted by molar-refractivity contribution is -0.164. The summed E-state index contributed by atoms with van der Waals surface area (Å²) >= 11 is 17.0. The number of nitrogens with one attached hydrogen (secondary N) is 8. The SMILES string of the molecule is CC(C)c1ccc2ccc(/C=C/C(C)(C)C(=O)OC(C(=O)N[C@@H](C)C(=O)N3CCC[C@@H](C(=O)OCC(Cl)(Cl)Cl)N3)C3CC3)cc2n1.C[C@@H]1NC(=O)[C@@H](C2CC2)OC(=O)C(C)(C)/C=C/c2ccc3ccc(nc3c2)[C@@H](C)NC(=O)[C@@H]2CCCN(N2)C1=O.C[C@@H]1NC(=O)[C@H](C2CC2)OC(=O)C(C)(C)/C=C/c2ccc3ccc(nc3c2)[C@@H](C)NC(=O)[C@@H]2CCCN(N2)C1=O. The minimum Gasteiger partial charge on any atom is -0.460 e. The maximum atomic E-state index is 13.3. The van der Waals surface area contributed by atoms with Crippen LogP contribution in [-0.2, 0) is 76.5 Å². The van der Waals surface area contributed by atoms with Crippen LogP contribution in [0.4, 0.5) is 0 Å². The Labute approximate surface area is 748 Å². The van der Waals surface area contributed by atoms with Gasteiger partial charge in [-0.1, -0.05) is 140 Å². The number of nitrogens with zero attached hydrogens (tertiary/aromatic N) is 6. The molecule has 1 unspecified atom stereocenters. The first kappa shape index (κ1) is 94.6. The lowest BCUT2D eigenvalue weighted by Crippen LogP contribution is -2.61. The van der Waals surface area contributed by atoms with Gasteiger partial charge < -0.3 is 45.5 Å². The van der Waals surface area contributed by atoms with Crippen molar-refractivity contribution in [2.24, 2.45) is 34.0 Å². The van der Waals surface area contributed by atoms with Gasteiger partial charge in [0.15, 0.2) is 18.3 Å². The summed E-state index contributed by atoms with van der Waals surface area (Å²) in [4.78, 5) is 172. The highest BCUT2D eigenvalue weighted by Crippen LogP contribution is 2.40. The number of hydrogen-bond donors (Lipinski definition) is 8. The van der Waals surface area contributed by atoms with E-state index in [9.17, 15) is 57.5 Å². The van der Waals surface area contributed by atoms with Crippen molar-refractivity contribution < 1.29 is 76.5 Å². The quantitative estimate of drug-likeness (QED) is 0.0302. The summed E-state index contributed by atoms with van der Waals surface area (Å²) in [6.45, 7) is 23.8. The molecule has 8 amide bonds. The Hall–Kier alpha value is -10.5. The largest absolute Gasteiger partial charge is 0.460 e. The maximum Gasteiger partial charge on any atom is 0.325 e. The number of amides is 8. The summed E-state index contributed by atoms with van der Waals surface area (Å²) in [6.07, 6.45) is 15.8. The van der Waals surface area contributed by atoms with E-state index in [1.54, 1.807) is 73.6 Å². The molecule has 3 aromatic carbocycles. The molecule has 10 bridgehead atoms. The molecule has 6 fully saturated rings. The zero-order valence-electron chi connectivity index (χ0n) is 73.4. The number of hydrazine groups is 3. The highest BCUT2D eigenvalue weighted by atomic mass is 35.6. The Balaban J connectivity index is 0.000000172. The maximum absolute atomic E-state index is 13.3. The van der Waals surface area contributed by atoms with Crippen molar-refractivity contribution in [3.8, 4) is 0 Å². The molecule has 6 aromatic rings. The highest BCUT2D eigenvalue weighted by Gasteiger charge is 2.47. The third-order valence-electron chi connectivity index (χ3n) is 23.5. The Morgan fingerprint density at radius 2 is 1.01 bits per heavy atom. The van der Waals surface area contributed by atoms with Crippen molar-refractivity contribution in [2.45, 2.75) is 243 Å². The van der Waals surface area contributed by atoms with Crippen LogP contribution in [0.1, 0.15) is 219 Å². The molecule has 5 aliphatic heterocycles. The zero-order chi connectivity index (χ0) is 91.0. The molecule has 3 aliphatic carbocycles. The van der Waals surface area contributed by atoms with Gasteiger partial charge in [0, 0.05) is 59.2 Å². The van der Waals surface area contributed by atoms with Crippen LogP contribution in [0.3, 0.4) is 0 Å². The summed E-state index contributed by atoms with van der Waals surface area (Å²) in [6, 6.07) is 24.0. The fraction of sp³-hybridized carbons (Fsp3) is 0.516. The molecular weight excluding hydrogens is 1680 g/mol. The summed E-state index contributed by atoms with van der Waals surface area (Å²) in [7, 11) is 0. The van der Waals surface area contributed by atoms with Crippen molar-refractivity contribution in [1.82, 2.24) is 72.8 Å². The monoisotopic (exact) mass is 1790 g/mol. The molecule has 126 heavy (non-hydrogen) atoms. The van der Waals surface area contributed by atoms with Crippen LogP contribution < -0.4 is 42.9 Å². The van der Waals surface area contributed by atoms with Crippen molar-refractivity contribution in [3.63, 3.8) is 0 Å². The predicted molar refractivity (Wildman–Crippen MR) is 476 cm³/mol. The number of fused-ring (bicyclic) bond motifs is 9. The molecule has 14 rings (SSSR count). The number of ether oxygens (including phenoxy) is 4. The van der Waals surface area contributed by atoms with E-state index in [-0.39, 0.29) is 53.5 Å². The standard InChI is InChI=1S/C33H41Cl3N4O6.2C30H37N5O5/c1-19(2)24-13-12-22-9-8-21(17-26(22)38-24)14-15-32(4,5)31(44)46-27(23-10-11-23)28(41)37-20(3)29(42)40-16-6-7-25(39-40)30(43)45-18-33(34,35)36;2*1-17-22-12-11-20-8-7-19(16-24(20)33-22)13-14-30(3,4)29(39)40-25(21-9-10-21)27(37)32-18(2)28(38)35-15-5-6-23(34-35)26(36)31-17/h8-9,12-15,17,19-20,23,25,27,39H,6-7,10-11,16,18H2,1-5H3,(H,37,41);2*7-8,11-14,16-18,21,23,25,34H,5-6,9-10,15H2,1-4H3,(H,31,36)(H,32,37)/b15-14+;2*14-13+/t20-,25-,27?;17-,18+,23+,25+;17-,18+,23+,25-/m011/s1. The summed E-state index contributed by atoms with van der Waals surface area (Å²) in [5.74, 6) is -5.36. The van der Waals surface area contributed by atoms with Gasteiger partial charge in [-0.15, -0.1) is 0 Å². The van der Waals surface area contributed by atoms with Crippen LogP contribution in [0.5, 0.6) is 0 Å². The Morgan fingerprint density at radius 3 is 1.48 bits per heavy atom. The summed E-state index contributed by atoms with van der Waals surface area (Å²) in [5.41, 5.74) is 13.3. The topological polar surface area (TPSA) is 386 Å². The van der Waals surface area contributed by atoms with Gasteiger partial charge in [0.25, 0.3) is 35.4 Å². The predicted octanol–water partition coefficient (Wildman–Crippen LogP) is 11.2. The van der Waals surface area contributed by atoms with Gasteiger partial charge in [-0.05, 0) is 212 Å². The lowest BCUT2D eigenvalue weighted by atomic mass is 9.92. The number of aromatic nitrogens is 3. The Bertz CT molecular complexity index is 5030. The van der Waals surface area contributed by atoms with Crippen LogP contribution in [0, 0.1) is 34.0 Å². The number of benzene rings is 3. The normalized spacial score (nSPS) is 25.2. The van der Waals surface area contributed by atoms with Crippen LogP contribution in [0.2, 0.25) is 0 Å². The van der Waals surface area contributed by atoms with Gasteiger partial charge in [0.05, 0.1) is 56.3 Å². The number of alkyl halides is 3. The molecule has 3 saturated carbocycles. The smallest absolute Gasteiger partial charge is 0.325 e. The summed E-state index contributed by atoms with van der Waals surface area (Å²) < 4.78 is 20.6. The lowest BCUT2D eigenvalue weighted by Gasteiger charge is -2.35. The number of cyclic esters (lactones) is 2. The van der Waals surface area contributed by atoms with Crippen LogP contribution in [-0.4, -0.2) is 186 Å². The Kier molecular flexibility index (Phi) is 30.2. The molecule has 8 N–H and O–H groups in total. The van der Waals surface area contributed by atoms with Crippen LogP contribution >= 0.6 is 34.8 Å². The van der Waals surface area contributed by atoms with Crippen molar-refractivity contribution in [1.29, 1.82) is 0 Å². The molecule has 674 valence electrons. The third kappa shape index (κ3) is 24.8. The molecule has 8 heterocycles. The molecule has 8 aliphatic rings. The van der Waals surface area contributed by atoms with Crippen LogP contribution in [0.15, 0.2) is 109 Å². The number of esters is 4. The first-order valence-corrected chi connectivity index (χ1v) is 44.6. The summed E-state index contributed by atoms with van der Waals surface area (Å²) in [5, 5.41) is 21.2. The number of hydrogen-bond acceptors (Lipinski definition) is 22. The minimum atomic E-state index is -1.75. The fourth-order valence-corrected chi connectivity index (χ4v) is 15.1. The van der Waals surface area contributed by atoms with E-state index < -0.39 is 129 Å². The fourth-order valence-electron chi connectivity index (χ4n) is 15.0. The third-order valence-corrected chi connectivity index (χ3v) is 23.9. The van der Waals surface area contributed by atoms with Gasteiger partial charge in [-0.25, -0.2) is 16.3 Å². The van der Waals surface area contributed by atoms with E-state index in [1.165, 1.54) is 22.0 Å². The van der Waals surface area contributed by atoms with Gasteiger partial charge in [-0.2, -0.15) is 0 Å². The van der Waals surface area contributed by atoms with E-state index in [2.05, 4.69) is 62.8 Å². The number of carbonyl (C=O) groups is 12. The average molecular weight is 1790 g/mol. The molecule has 0 radical (unpaired) electrons. The highest BCUT2D eigenvalue weighted by molar-refractivity contribution is 6.67. The van der Waals surface area contributed by atoms with Gasteiger partial charge in [0.2, 0.25) is 15.6 Å². The van der Waals surface area contributed by atoms with E-state index >= 15 is 0 Å². The average Bonchev–Trinajstić information content (AvgIpc) is 1.58. The molecule has 3 saturated heterocycles. The van der Waals surface area contributed by atoms with Crippen molar-refractivity contribution in [2.75, 3.05) is 26.2 Å². The van der Waals surface area contributed by atoms with Gasteiger partial charge in [0.1, 0.15) is 42.9 Å². The molecular formula is C93H115Cl3N14O16. The van der Waals surface area contributed by atoms with E-state index in [4.69, 9.17) is 68.7 Å². The second-order valence-electron chi connectivity index (χ2n) is 36.2. The van der Waals surface area contributed by atoms with E-state index in [1.807, 2.05) is 117 Å². The van der Waals surface area contributed by atoms with Crippen molar-refractivity contribution in [3.05, 3.63) is 143 Å². The minimum absolute atomic E-state index is 0.0726. The Morgan fingerprint density at radius 1 is 0.556 bits per heavy atom. The molecule has 33 heteroatoms. The van der Waals surface area contributed by atoms with Crippen LogP contribution in [0.25, 0.3) is 50.9 Å².